The van der Waals surface area contributed by atoms with Gasteiger partial charge in [0.15, 0.2) is 0 Å². The number of aromatic nitrogens is 2. The van der Waals surface area contributed by atoms with Crippen LogP contribution in [0.2, 0.25) is 0 Å². The number of aryl methyl sites for hydroxylation is 1. The topological polar surface area (TPSA) is 84.5 Å². The Bertz CT molecular complexity index is 748. The number of hydrogen-bond donors (Lipinski definition) is 0. The Hall–Kier alpha value is -2.74. The Morgan fingerprint density at radius 2 is 1.84 bits per heavy atom. The van der Waals surface area contributed by atoms with Crippen molar-refractivity contribution in [1.82, 2.24) is 19.6 Å². The molecule has 0 unspecified atom stereocenters. The van der Waals surface area contributed by atoms with E-state index < -0.39 is 4.92 Å². The van der Waals surface area contributed by atoms with Crippen molar-refractivity contribution in [3.05, 3.63) is 57.8 Å². The maximum Gasteiger partial charge on any atom is 0.389 e. The largest absolute Gasteiger partial charge is 0.389 e. The minimum atomic E-state index is -0.565. The molecular formula is C17H21N5O3. The summed E-state index contributed by atoms with van der Waals surface area (Å²) in [6.07, 6.45) is 1.46. The lowest BCUT2D eigenvalue weighted by Crippen LogP contribution is -2.49. The summed E-state index contributed by atoms with van der Waals surface area (Å²) in [5.41, 5.74) is 2.52. The van der Waals surface area contributed by atoms with Crippen molar-refractivity contribution in [2.75, 3.05) is 26.2 Å². The molecule has 0 radical (unpaired) electrons. The summed E-state index contributed by atoms with van der Waals surface area (Å²) < 4.78 is 1.32. The molecule has 0 N–H and O–H groups in total. The zero-order valence-electron chi connectivity index (χ0n) is 14.2. The molecule has 0 spiro atoms. The number of benzene rings is 1. The van der Waals surface area contributed by atoms with Crippen LogP contribution in [0.4, 0.5) is 5.82 Å². The Labute approximate surface area is 145 Å². The standard InChI is InChI=1S/C17H21N5O3/c1-14-2-4-15(5-3-14)12-19-8-10-20(11-9-19)17(23)13-21-7-6-16(18-21)22(24)25/h2-7H,8-13H2,1H3. The van der Waals surface area contributed by atoms with Crippen LogP contribution in [-0.2, 0) is 17.9 Å². The first-order chi connectivity index (χ1) is 12.0. The van der Waals surface area contributed by atoms with E-state index in [0.29, 0.717) is 13.1 Å². The minimum Gasteiger partial charge on any atom is -0.358 e. The highest BCUT2D eigenvalue weighted by Gasteiger charge is 2.22. The quantitative estimate of drug-likeness (QED) is 0.606. The highest BCUT2D eigenvalue weighted by atomic mass is 16.6. The van der Waals surface area contributed by atoms with Crippen molar-refractivity contribution in [2.45, 2.75) is 20.0 Å². The number of nitro groups is 1. The molecule has 0 aliphatic carbocycles. The van der Waals surface area contributed by atoms with Crippen LogP contribution >= 0.6 is 0 Å². The van der Waals surface area contributed by atoms with Gasteiger partial charge in [0, 0.05) is 32.7 Å². The zero-order chi connectivity index (χ0) is 17.8. The fraction of sp³-hybridized carbons (Fsp3) is 0.412. The molecule has 132 valence electrons. The van der Waals surface area contributed by atoms with Crippen molar-refractivity contribution in [3.8, 4) is 0 Å². The second-order valence-corrected chi connectivity index (χ2v) is 6.27. The first kappa shape index (κ1) is 17.1. The third kappa shape index (κ3) is 4.42. The van der Waals surface area contributed by atoms with E-state index in [2.05, 4.69) is 41.2 Å². The van der Waals surface area contributed by atoms with Crippen LogP contribution in [0.3, 0.4) is 0 Å². The maximum absolute atomic E-state index is 12.3. The molecule has 1 amide bonds. The minimum absolute atomic E-state index is 0.0335. The van der Waals surface area contributed by atoms with Crippen LogP contribution in [0, 0.1) is 17.0 Å². The first-order valence-electron chi connectivity index (χ1n) is 8.25. The van der Waals surface area contributed by atoms with Gasteiger partial charge in [0.25, 0.3) is 0 Å². The highest BCUT2D eigenvalue weighted by molar-refractivity contribution is 5.76. The van der Waals surface area contributed by atoms with Crippen LogP contribution in [-0.4, -0.2) is 56.6 Å². The summed E-state index contributed by atoms with van der Waals surface area (Å²) in [6, 6.07) is 9.79. The average molecular weight is 343 g/mol. The van der Waals surface area contributed by atoms with Gasteiger partial charge >= 0.3 is 5.82 Å². The van der Waals surface area contributed by atoms with E-state index >= 15 is 0 Å². The second kappa shape index (κ2) is 7.43. The first-order valence-corrected chi connectivity index (χ1v) is 8.25. The van der Waals surface area contributed by atoms with Gasteiger partial charge in [0.05, 0.1) is 17.4 Å². The average Bonchev–Trinajstić information content (AvgIpc) is 3.06. The Kier molecular flexibility index (Phi) is 5.08. The molecule has 1 fully saturated rings. The van der Waals surface area contributed by atoms with Crippen LogP contribution in [0.1, 0.15) is 11.1 Å². The van der Waals surface area contributed by atoms with E-state index in [9.17, 15) is 14.9 Å². The number of amides is 1. The predicted octanol–water partition coefficient (Wildman–Crippen LogP) is 1.44. The van der Waals surface area contributed by atoms with E-state index in [-0.39, 0.29) is 18.3 Å². The SMILES string of the molecule is Cc1ccc(CN2CCN(C(=O)Cn3ccc([N+](=O)[O-])n3)CC2)cc1. The van der Waals surface area contributed by atoms with Gasteiger partial charge in [-0.15, -0.1) is 0 Å². The molecule has 1 aromatic carbocycles. The molecule has 1 aromatic heterocycles. The normalized spacial score (nSPS) is 15.3. The van der Waals surface area contributed by atoms with Crippen LogP contribution in [0.25, 0.3) is 0 Å². The molecule has 8 nitrogen and oxygen atoms in total. The predicted molar refractivity (Wildman–Crippen MR) is 91.9 cm³/mol. The molecule has 1 aliphatic rings. The van der Waals surface area contributed by atoms with Gasteiger partial charge in [-0.05, 0) is 17.4 Å². The molecule has 3 rings (SSSR count). The van der Waals surface area contributed by atoms with E-state index in [1.54, 1.807) is 4.90 Å². The van der Waals surface area contributed by atoms with Gasteiger partial charge in [-0.1, -0.05) is 29.8 Å². The molecule has 1 aliphatic heterocycles. The van der Waals surface area contributed by atoms with Crippen molar-refractivity contribution in [1.29, 1.82) is 0 Å². The molecule has 8 heteroatoms. The Morgan fingerprint density at radius 3 is 2.44 bits per heavy atom. The summed E-state index contributed by atoms with van der Waals surface area (Å²) in [5.74, 6) is -0.302. The maximum atomic E-state index is 12.3. The number of rotatable bonds is 5. The van der Waals surface area contributed by atoms with Crippen molar-refractivity contribution < 1.29 is 9.72 Å². The lowest BCUT2D eigenvalue weighted by Gasteiger charge is -2.34. The van der Waals surface area contributed by atoms with Gasteiger partial charge in [0.2, 0.25) is 5.91 Å². The van der Waals surface area contributed by atoms with Gasteiger partial charge in [-0.3, -0.25) is 9.69 Å². The fourth-order valence-corrected chi connectivity index (χ4v) is 2.88. The molecule has 1 saturated heterocycles. The highest BCUT2D eigenvalue weighted by Crippen LogP contribution is 2.11. The smallest absolute Gasteiger partial charge is 0.358 e. The number of nitrogens with zero attached hydrogens (tertiary/aromatic N) is 5. The van der Waals surface area contributed by atoms with Crippen LogP contribution in [0.15, 0.2) is 36.5 Å². The van der Waals surface area contributed by atoms with Gasteiger partial charge in [0.1, 0.15) is 6.54 Å². The van der Waals surface area contributed by atoms with Crippen molar-refractivity contribution in [2.24, 2.45) is 0 Å². The third-order valence-corrected chi connectivity index (χ3v) is 4.36. The Morgan fingerprint density at radius 1 is 1.16 bits per heavy atom. The second-order valence-electron chi connectivity index (χ2n) is 6.27. The molecule has 0 saturated carbocycles. The Balaban J connectivity index is 1.48. The molecular weight excluding hydrogens is 322 g/mol. The van der Waals surface area contributed by atoms with E-state index in [0.717, 1.165) is 19.6 Å². The number of piperazine rings is 1. The molecule has 0 bridgehead atoms. The van der Waals surface area contributed by atoms with E-state index in [4.69, 9.17) is 0 Å². The van der Waals surface area contributed by atoms with E-state index in [1.807, 2.05) is 0 Å². The van der Waals surface area contributed by atoms with Gasteiger partial charge < -0.3 is 15.0 Å². The lowest BCUT2D eigenvalue weighted by atomic mass is 10.1. The van der Waals surface area contributed by atoms with Crippen LogP contribution < -0.4 is 0 Å². The summed E-state index contributed by atoms with van der Waals surface area (Å²) in [5, 5.41) is 14.4. The van der Waals surface area contributed by atoms with Crippen molar-refractivity contribution in [3.63, 3.8) is 0 Å². The fourth-order valence-electron chi connectivity index (χ4n) is 2.88. The molecule has 0 atom stereocenters. The lowest BCUT2D eigenvalue weighted by molar-refractivity contribution is -0.389. The molecule has 25 heavy (non-hydrogen) atoms. The monoisotopic (exact) mass is 343 g/mol. The third-order valence-electron chi connectivity index (χ3n) is 4.36. The number of hydrogen-bond acceptors (Lipinski definition) is 5. The summed E-state index contributed by atoms with van der Waals surface area (Å²) in [4.78, 5) is 26.5. The zero-order valence-corrected chi connectivity index (χ0v) is 14.2. The summed E-state index contributed by atoms with van der Waals surface area (Å²) in [7, 11) is 0. The number of carbonyl (C=O) groups excluding carboxylic acids is 1. The molecule has 2 heterocycles. The molecule has 2 aromatic rings. The summed E-state index contributed by atoms with van der Waals surface area (Å²) in [6.45, 7) is 5.95. The van der Waals surface area contributed by atoms with Crippen molar-refractivity contribution >= 4 is 11.7 Å². The summed E-state index contributed by atoms with van der Waals surface area (Å²) >= 11 is 0. The van der Waals surface area contributed by atoms with E-state index in [1.165, 1.54) is 28.1 Å². The number of carbonyl (C=O) groups is 1. The van der Waals surface area contributed by atoms with Gasteiger partial charge in [-0.2, -0.15) is 4.68 Å². The van der Waals surface area contributed by atoms with Gasteiger partial charge in [-0.25, -0.2) is 0 Å². The van der Waals surface area contributed by atoms with Crippen LogP contribution in [0.5, 0.6) is 0 Å².